The second-order valence-corrected chi connectivity index (χ2v) is 10.1. The lowest BCUT2D eigenvalue weighted by Crippen LogP contribution is -2.48. The van der Waals surface area contributed by atoms with Crippen LogP contribution >= 0.6 is 15.9 Å². The van der Waals surface area contributed by atoms with E-state index in [-0.39, 0.29) is 29.0 Å². The SMILES string of the molecule is Cc1ccc(Br)c(NS(=O)(=O)c2cccc(C(=O)N3C[C@H](C(N)=O)CC[C@@H]3C)c2)c1. The smallest absolute Gasteiger partial charge is 0.261 e. The molecule has 2 amide bonds. The van der Waals surface area contributed by atoms with Crippen molar-refractivity contribution < 1.29 is 18.0 Å². The molecular weight excluding hydrogens is 470 g/mol. The molecule has 0 aliphatic carbocycles. The summed E-state index contributed by atoms with van der Waals surface area (Å²) >= 11 is 3.34. The topological polar surface area (TPSA) is 110 Å². The number of benzene rings is 2. The summed E-state index contributed by atoms with van der Waals surface area (Å²) < 4.78 is 29.0. The minimum Gasteiger partial charge on any atom is -0.369 e. The molecule has 160 valence electrons. The Hall–Kier alpha value is -2.39. The molecule has 1 saturated heterocycles. The van der Waals surface area contributed by atoms with Gasteiger partial charge < -0.3 is 10.6 Å². The molecule has 0 radical (unpaired) electrons. The number of nitrogens with two attached hydrogens (primary N) is 1. The second-order valence-electron chi connectivity index (χ2n) is 7.60. The molecule has 30 heavy (non-hydrogen) atoms. The predicted octanol–water partition coefficient (Wildman–Crippen LogP) is 3.28. The van der Waals surface area contributed by atoms with Crippen molar-refractivity contribution in [1.82, 2.24) is 4.90 Å². The van der Waals surface area contributed by atoms with Crippen LogP contribution in [0.3, 0.4) is 0 Å². The Bertz CT molecular complexity index is 1090. The number of piperidine rings is 1. The van der Waals surface area contributed by atoms with Gasteiger partial charge in [-0.2, -0.15) is 0 Å². The first-order valence-electron chi connectivity index (χ1n) is 9.58. The lowest BCUT2D eigenvalue weighted by Gasteiger charge is -2.37. The van der Waals surface area contributed by atoms with Crippen molar-refractivity contribution in [1.29, 1.82) is 0 Å². The number of rotatable bonds is 5. The molecule has 1 heterocycles. The van der Waals surface area contributed by atoms with Crippen LogP contribution in [0.4, 0.5) is 5.69 Å². The van der Waals surface area contributed by atoms with E-state index in [2.05, 4.69) is 20.7 Å². The number of likely N-dealkylation sites (tertiary alicyclic amines) is 1. The van der Waals surface area contributed by atoms with Gasteiger partial charge in [-0.15, -0.1) is 0 Å². The van der Waals surface area contributed by atoms with Gasteiger partial charge >= 0.3 is 0 Å². The zero-order valence-electron chi connectivity index (χ0n) is 16.8. The number of hydrogen-bond donors (Lipinski definition) is 2. The van der Waals surface area contributed by atoms with Gasteiger partial charge in [-0.3, -0.25) is 14.3 Å². The Labute approximate surface area is 184 Å². The van der Waals surface area contributed by atoms with Gasteiger partial charge in [0.1, 0.15) is 0 Å². The van der Waals surface area contributed by atoms with Crippen LogP contribution in [-0.2, 0) is 14.8 Å². The Kier molecular flexibility index (Phi) is 6.52. The van der Waals surface area contributed by atoms with Crippen molar-refractivity contribution in [2.45, 2.75) is 37.6 Å². The van der Waals surface area contributed by atoms with Crippen molar-refractivity contribution in [3.63, 3.8) is 0 Å². The molecule has 3 N–H and O–H groups in total. The highest BCUT2D eigenvalue weighted by molar-refractivity contribution is 9.10. The van der Waals surface area contributed by atoms with E-state index < -0.39 is 21.8 Å². The van der Waals surface area contributed by atoms with Gasteiger partial charge in [0.15, 0.2) is 0 Å². The van der Waals surface area contributed by atoms with Crippen LogP contribution in [0.1, 0.15) is 35.7 Å². The Morgan fingerprint density at radius 1 is 1.17 bits per heavy atom. The van der Waals surface area contributed by atoms with Crippen molar-refractivity contribution in [3.8, 4) is 0 Å². The van der Waals surface area contributed by atoms with E-state index >= 15 is 0 Å². The number of halogens is 1. The van der Waals surface area contributed by atoms with Crippen LogP contribution in [0.5, 0.6) is 0 Å². The summed E-state index contributed by atoms with van der Waals surface area (Å²) in [7, 11) is -3.90. The minimum atomic E-state index is -3.90. The van der Waals surface area contributed by atoms with Gasteiger partial charge in [0, 0.05) is 22.6 Å². The largest absolute Gasteiger partial charge is 0.369 e. The number of carbonyl (C=O) groups excluding carboxylic acids is 2. The molecule has 1 aliphatic rings. The second kappa shape index (κ2) is 8.77. The standard InChI is InChI=1S/C21H24BrN3O4S/c1-13-6-9-18(22)19(10-13)24-30(28,29)17-5-3-4-15(11-17)21(27)25-12-16(20(23)26)8-7-14(25)2/h3-6,9-11,14,16,24H,7-8,12H2,1-2H3,(H2,23,26)/t14-,16+/m0/s1. The highest BCUT2D eigenvalue weighted by atomic mass is 79.9. The van der Waals surface area contributed by atoms with Crippen molar-refractivity contribution >= 4 is 43.5 Å². The van der Waals surface area contributed by atoms with E-state index in [4.69, 9.17) is 5.73 Å². The van der Waals surface area contributed by atoms with Crippen LogP contribution in [0.2, 0.25) is 0 Å². The van der Waals surface area contributed by atoms with E-state index in [1.807, 2.05) is 19.9 Å². The number of aryl methyl sites for hydroxylation is 1. The highest BCUT2D eigenvalue weighted by Gasteiger charge is 2.32. The third-order valence-electron chi connectivity index (χ3n) is 5.30. The first-order chi connectivity index (χ1) is 14.1. The van der Waals surface area contributed by atoms with E-state index in [1.54, 1.807) is 23.1 Å². The van der Waals surface area contributed by atoms with Crippen LogP contribution in [0, 0.1) is 12.8 Å². The summed E-state index contributed by atoms with van der Waals surface area (Å²) in [5.41, 5.74) is 6.99. The van der Waals surface area contributed by atoms with Gasteiger partial charge in [-0.1, -0.05) is 12.1 Å². The molecular formula is C21H24BrN3O4S. The molecule has 2 aromatic rings. The lowest BCUT2D eigenvalue weighted by atomic mass is 9.92. The molecule has 1 fully saturated rings. The maximum Gasteiger partial charge on any atom is 0.261 e. The molecule has 7 nitrogen and oxygen atoms in total. The number of anilines is 1. The summed E-state index contributed by atoms with van der Waals surface area (Å²) in [6, 6.07) is 11.2. The van der Waals surface area contributed by atoms with Gasteiger partial charge in [-0.25, -0.2) is 8.42 Å². The van der Waals surface area contributed by atoms with Gasteiger partial charge in [0.05, 0.1) is 16.5 Å². The van der Waals surface area contributed by atoms with Crippen molar-refractivity contribution in [2.75, 3.05) is 11.3 Å². The molecule has 0 saturated carbocycles. The number of nitrogens with zero attached hydrogens (tertiary/aromatic N) is 1. The van der Waals surface area contributed by atoms with E-state index in [0.717, 1.165) is 5.56 Å². The predicted molar refractivity (Wildman–Crippen MR) is 119 cm³/mol. The lowest BCUT2D eigenvalue weighted by molar-refractivity contribution is -0.123. The summed E-state index contributed by atoms with van der Waals surface area (Å²) in [6.07, 6.45) is 1.31. The third-order valence-corrected chi connectivity index (χ3v) is 7.36. The zero-order valence-corrected chi connectivity index (χ0v) is 19.2. The van der Waals surface area contributed by atoms with Crippen LogP contribution in [-0.4, -0.2) is 37.7 Å². The Morgan fingerprint density at radius 2 is 1.90 bits per heavy atom. The van der Waals surface area contributed by atoms with Crippen LogP contribution in [0.25, 0.3) is 0 Å². The molecule has 0 unspecified atom stereocenters. The highest BCUT2D eigenvalue weighted by Crippen LogP contribution is 2.27. The normalized spacial score (nSPS) is 19.4. The van der Waals surface area contributed by atoms with Gasteiger partial charge in [0.25, 0.3) is 15.9 Å². The summed E-state index contributed by atoms with van der Waals surface area (Å²) in [4.78, 5) is 26.2. The molecule has 2 atom stereocenters. The Morgan fingerprint density at radius 3 is 2.60 bits per heavy atom. The van der Waals surface area contributed by atoms with E-state index in [1.165, 1.54) is 18.2 Å². The first-order valence-corrected chi connectivity index (χ1v) is 11.9. The fraction of sp³-hybridized carbons (Fsp3) is 0.333. The van der Waals surface area contributed by atoms with Crippen LogP contribution in [0.15, 0.2) is 51.8 Å². The van der Waals surface area contributed by atoms with Crippen molar-refractivity contribution in [3.05, 3.63) is 58.1 Å². The minimum absolute atomic E-state index is 0.0159. The third kappa shape index (κ3) is 4.84. The number of amides is 2. The molecule has 1 aliphatic heterocycles. The number of sulfonamides is 1. The average molecular weight is 494 g/mol. The number of primary amides is 1. The fourth-order valence-electron chi connectivity index (χ4n) is 3.51. The summed E-state index contributed by atoms with van der Waals surface area (Å²) in [5.74, 6) is -1.14. The number of carbonyl (C=O) groups is 2. The van der Waals surface area contributed by atoms with Gasteiger partial charge in [0.2, 0.25) is 5.91 Å². The first kappa shape index (κ1) is 22.3. The number of nitrogens with one attached hydrogen (secondary N) is 1. The summed E-state index contributed by atoms with van der Waals surface area (Å²) in [5, 5.41) is 0. The molecule has 0 spiro atoms. The van der Waals surface area contributed by atoms with Gasteiger partial charge in [-0.05, 0) is 78.5 Å². The molecule has 0 bridgehead atoms. The molecule has 3 rings (SSSR count). The zero-order chi connectivity index (χ0) is 22.1. The maximum atomic E-state index is 13.1. The number of hydrogen-bond acceptors (Lipinski definition) is 4. The summed E-state index contributed by atoms with van der Waals surface area (Å²) in [6.45, 7) is 4.01. The van der Waals surface area contributed by atoms with Crippen LogP contribution < -0.4 is 10.5 Å². The van der Waals surface area contributed by atoms with E-state index in [9.17, 15) is 18.0 Å². The van der Waals surface area contributed by atoms with E-state index in [0.29, 0.717) is 23.0 Å². The molecule has 0 aromatic heterocycles. The fourth-order valence-corrected chi connectivity index (χ4v) is 5.10. The molecule has 2 aromatic carbocycles. The molecule has 9 heteroatoms. The monoisotopic (exact) mass is 493 g/mol. The quantitative estimate of drug-likeness (QED) is 0.665. The van der Waals surface area contributed by atoms with Crippen molar-refractivity contribution in [2.24, 2.45) is 11.7 Å². The Balaban J connectivity index is 1.87. The average Bonchev–Trinajstić information content (AvgIpc) is 2.70. The maximum absolute atomic E-state index is 13.1.